The van der Waals surface area contributed by atoms with Crippen LogP contribution in [0.4, 0.5) is 0 Å². The molecule has 2 heterocycles. The predicted molar refractivity (Wildman–Crippen MR) is 124 cm³/mol. The van der Waals surface area contributed by atoms with Crippen LogP contribution in [0.25, 0.3) is 0 Å². The molecule has 1 fully saturated rings. The Morgan fingerprint density at radius 2 is 1.82 bits per heavy atom. The van der Waals surface area contributed by atoms with Gasteiger partial charge in [0, 0.05) is 45.8 Å². The molecule has 33 heavy (non-hydrogen) atoms. The zero-order chi connectivity index (χ0) is 23.8. The number of pyridine rings is 1. The lowest BCUT2D eigenvalue weighted by molar-refractivity contribution is -0.130. The quantitative estimate of drug-likeness (QED) is 0.544. The average molecular weight is 475 g/mol. The third kappa shape index (κ3) is 7.62. The first-order valence-corrected chi connectivity index (χ1v) is 12.5. The standard InChI is InChI=1S/C23H30N4O5S/c1-18(28)27-11-9-26(10-12-27)17-20-5-3-4-19(14-20)8-13-33(30,31)25-16-22-7-6-21(15-24-22)23(29)32-2/h3-7,14-15,25H,8-13,16-17H2,1-2H3. The van der Waals surface area contributed by atoms with Crippen molar-refractivity contribution >= 4 is 21.9 Å². The summed E-state index contributed by atoms with van der Waals surface area (Å²) in [7, 11) is -2.20. The topological polar surface area (TPSA) is 109 Å². The number of carbonyl (C=O) groups excluding carboxylic acids is 2. The number of amides is 1. The molecule has 10 heteroatoms. The molecular formula is C23H30N4O5S. The van der Waals surface area contributed by atoms with E-state index in [0.717, 1.165) is 43.9 Å². The van der Waals surface area contributed by atoms with Crippen molar-refractivity contribution in [1.82, 2.24) is 19.5 Å². The van der Waals surface area contributed by atoms with Gasteiger partial charge in [0.05, 0.1) is 30.7 Å². The second-order valence-electron chi connectivity index (χ2n) is 8.02. The maximum atomic E-state index is 12.4. The molecule has 9 nitrogen and oxygen atoms in total. The van der Waals surface area contributed by atoms with Gasteiger partial charge in [0.2, 0.25) is 15.9 Å². The molecule has 0 radical (unpaired) electrons. The number of nitrogens with zero attached hydrogens (tertiary/aromatic N) is 3. The summed E-state index contributed by atoms with van der Waals surface area (Å²) in [5.41, 5.74) is 2.91. The van der Waals surface area contributed by atoms with Crippen LogP contribution in [0.3, 0.4) is 0 Å². The van der Waals surface area contributed by atoms with Crippen LogP contribution in [0.5, 0.6) is 0 Å². The summed E-state index contributed by atoms with van der Waals surface area (Å²) in [6.07, 6.45) is 1.76. The molecule has 178 valence electrons. The SMILES string of the molecule is COC(=O)c1ccc(CNS(=O)(=O)CCc2cccc(CN3CCN(C(C)=O)CC3)c2)nc1. The van der Waals surface area contributed by atoms with Gasteiger partial charge in [0.1, 0.15) is 0 Å². The Hall–Kier alpha value is -2.82. The zero-order valence-corrected chi connectivity index (χ0v) is 19.8. The average Bonchev–Trinajstić information content (AvgIpc) is 2.82. The number of esters is 1. The first-order chi connectivity index (χ1) is 15.8. The molecule has 0 aliphatic carbocycles. The van der Waals surface area contributed by atoms with E-state index in [2.05, 4.69) is 19.3 Å². The van der Waals surface area contributed by atoms with E-state index in [-0.39, 0.29) is 18.2 Å². The molecule has 0 bridgehead atoms. The third-order valence-electron chi connectivity index (χ3n) is 5.59. The van der Waals surface area contributed by atoms with E-state index < -0.39 is 16.0 Å². The van der Waals surface area contributed by atoms with Crippen LogP contribution in [0, 0.1) is 0 Å². The molecule has 1 amide bonds. The summed E-state index contributed by atoms with van der Waals surface area (Å²) in [4.78, 5) is 31.2. The number of piperazine rings is 1. The number of ether oxygens (including phenoxy) is 1. The highest BCUT2D eigenvalue weighted by molar-refractivity contribution is 7.89. The van der Waals surface area contributed by atoms with Gasteiger partial charge in [-0.3, -0.25) is 14.7 Å². The van der Waals surface area contributed by atoms with Gasteiger partial charge < -0.3 is 9.64 Å². The molecule has 1 aromatic heterocycles. The fourth-order valence-corrected chi connectivity index (χ4v) is 4.66. The summed E-state index contributed by atoms with van der Waals surface area (Å²) in [5.74, 6) is -0.413. The maximum absolute atomic E-state index is 12.4. The van der Waals surface area contributed by atoms with Crippen molar-refractivity contribution < 1.29 is 22.7 Å². The highest BCUT2D eigenvalue weighted by atomic mass is 32.2. The molecule has 3 rings (SSSR count). The largest absolute Gasteiger partial charge is 0.465 e. The fourth-order valence-electron chi connectivity index (χ4n) is 3.64. The molecule has 0 unspecified atom stereocenters. The molecule has 1 aromatic carbocycles. The highest BCUT2D eigenvalue weighted by Crippen LogP contribution is 2.12. The molecule has 0 saturated carbocycles. The first-order valence-electron chi connectivity index (χ1n) is 10.8. The van der Waals surface area contributed by atoms with Crippen molar-refractivity contribution in [1.29, 1.82) is 0 Å². The van der Waals surface area contributed by atoms with Gasteiger partial charge in [0.15, 0.2) is 0 Å². The van der Waals surface area contributed by atoms with Gasteiger partial charge in [-0.1, -0.05) is 24.3 Å². The monoisotopic (exact) mass is 474 g/mol. The van der Waals surface area contributed by atoms with E-state index in [4.69, 9.17) is 0 Å². The van der Waals surface area contributed by atoms with Gasteiger partial charge >= 0.3 is 5.97 Å². The van der Waals surface area contributed by atoms with Crippen molar-refractivity contribution in [2.45, 2.75) is 26.4 Å². The number of nitrogens with one attached hydrogen (secondary N) is 1. The number of aryl methyl sites for hydroxylation is 1. The second kappa shape index (κ2) is 11.4. The second-order valence-corrected chi connectivity index (χ2v) is 9.95. The molecule has 1 N–H and O–H groups in total. The van der Waals surface area contributed by atoms with Gasteiger partial charge in [-0.2, -0.15) is 0 Å². The van der Waals surface area contributed by atoms with Gasteiger partial charge in [-0.05, 0) is 29.7 Å². The van der Waals surface area contributed by atoms with E-state index in [1.54, 1.807) is 19.1 Å². The van der Waals surface area contributed by atoms with Crippen molar-refractivity contribution in [2.24, 2.45) is 0 Å². The third-order valence-corrected chi connectivity index (χ3v) is 6.92. The molecule has 0 atom stereocenters. The molecule has 1 aliphatic rings. The fraction of sp³-hybridized carbons (Fsp3) is 0.435. The number of rotatable bonds is 9. The first kappa shape index (κ1) is 24.8. The lowest BCUT2D eigenvalue weighted by Crippen LogP contribution is -2.47. The van der Waals surface area contributed by atoms with Gasteiger partial charge in [-0.25, -0.2) is 17.9 Å². The Kier molecular flexibility index (Phi) is 8.54. The number of benzene rings is 1. The van der Waals surface area contributed by atoms with Gasteiger partial charge in [-0.15, -0.1) is 0 Å². The smallest absolute Gasteiger partial charge is 0.339 e. The lowest BCUT2D eigenvalue weighted by Gasteiger charge is -2.34. The Bertz CT molecular complexity index is 1060. The number of methoxy groups -OCH3 is 1. The van der Waals surface area contributed by atoms with E-state index >= 15 is 0 Å². The zero-order valence-electron chi connectivity index (χ0n) is 19.0. The van der Waals surface area contributed by atoms with Gasteiger partial charge in [0.25, 0.3) is 0 Å². The summed E-state index contributed by atoms with van der Waals surface area (Å²) < 4.78 is 32.0. The number of sulfonamides is 1. The summed E-state index contributed by atoms with van der Waals surface area (Å²) in [6, 6.07) is 11.1. The van der Waals surface area contributed by atoms with E-state index in [1.165, 1.54) is 13.3 Å². The predicted octanol–water partition coefficient (Wildman–Crippen LogP) is 1.19. The van der Waals surface area contributed by atoms with Crippen LogP contribution in [0.15, 0.2) is 42.6 Å². The number of hydrogen-bond acceptors (Lipinski definition) is 7. The van der Waals surface area contributed by atoms with Crippen LogP contribution < -0.4 is 4.72 Å². The van der Waals surface area contributed by atoms with Crippen LogP contribution in [0.2, 0.25) is 0 Å². The van der Waals surface area contributed by atoms with Crippen LogP contribution in [0.1, 0.15) is 34.1 Å². The highest BCUT2D eigenvalue weighted by Gasteiger charge is 2.18. The molecule has 1 aliphatic heterocycles. The maximum Gasteiger partial charge on any atom is 0.339 e. The Morgan fingerprint density at radius 3 is 2.45 bits per heavy atom. The Labute approximate surface area is 194 Å². The summed E-state index contributed by atoms with van der Waals surface area (Å²) >= 11 is 0. The van der Waals surface area contributed by atoms with Crippen LogP contribution >= 0.6 is 0 Å². The van der Waals surface area contributed by atoms with Crippen molar-refractivity contribution in [3.63, 3.8) is 0 Å². The normalized spacial score (nSPS) is 14.8. The van der Waals surface area contributed by atoms with E-state index in [9.17, 15) is 18.0 Å². The molecule has 1 saturated heterocycles. The summed E-state index contributed by atoms with van der Waals surface area (Å²) in [6.45, 7) is 5.55. The van der Waals surface area contributed by atoms with Crippen LogP contribution in [-0.2, 0) is 39.1 Å². The summed E-state index contributed by atoms with van der Waals surface area (Å²) in [5, 5.41) is 0. The Morgan fingerprint density at radius 1 is 1.09 bits per heavy atom. The van der Waals surface area contributed by atoms with Crippen molar-refractivity contribution in [3.8, 4) is 0 Å². The number of carbonyl (C=O) groups is 2. The molecular weight excluding hydrogens is 444 g/mol. The minimum absolute atomic E-state index is 0.0337. The number of aromatic nitrogens is 1. The minimum Gasteiger partial charge on any atom is -0.465 e. The minimum atomic E-state index is -3.49. The van der Waals surface area contributed by atoms with E-state index in [0.29, 0.717) is 17.7 Å². The Balaban J connectivity index is 1.48. The van der Waals surface area contributed by atoms with Crippen molar-refractivity contribution in [2.75, 3.05) is 39.0 Å². The lowest BCUT2D eigenvalue weighted by atomic mass is 10.1. The van der Waals surface area contributed by atoms with E-state index in [1.807, 2.05) is 29.2 Å². The number of hydrogen-bond donors (Lipinski definition) is 1. The molecule has 2 aromatic rings. The van der Waals surface area contributed by atoms with Crippen LogP contribution in [-0.4, -0.2) is 74.1 Å². The van der Waals surface area contributed by atoms with Crippen molar-refractivity contribution in [3.05, 3.63) is 65.0 Å². The molecule has 0 spiro atoms.